The molecule has 3 nitrogen and oxygen atoms in total. The molecule has 13 heavy (non-hydrogen) atoms. The topological polar surface area (TPSA) is 38.3 Å². The summed E-state index contributed by atoms with van der Waals surface area (Å²) >= 11 is 0. The number of amides is 1. The standard InChI is InChI=1S/C10H15NO2/c1-8-3-5-9(6-4-8)13-7-10(12)11-2/h3,5-6,8H,4,7H2,1-2H3,(H,11,12). The third-order valence-electron chi connectivity index (χ3n) is 1.93. The first-order valence-electron chi connectivity index (χ1n) is 4.44. The molecule has 0 radical (unpaired) electrons. The minimum atomic E-state index is -0.104. The number of ether oxygens (including phenoxy) is 1. The Morgan fingerprint density at radius 3 is 3.08 bits per heavy atom. The monoisotopic (exact) mass is 181 g/mol. The molecule has 1 unspecified atom stereocenters. The van der Waals surface area contributed by atoms with Gasteiger partial charge in [-0.3, -0.25) is 4.79 Å². The second-order valence-corrected chi connectivity index (χ2v) is 3.14. The van der Waals surface area contributed by atoms with Gasteiger partial charge in [-0.25, -0.2) is 0 Å². The summed E-state index contributed by atoms with van der Waals surface area (Å²) in [6.07, 6.45) is 6.99. The Bertz CT molecular complexity index is 243. The normalized spacial score (nSPS) is 20.8. The number of allylic oxidation sites excluding steroid dienone is 3. The summed E-state index contributed by atoms with van der Waals surface area (Å²) in [7, 11) is 1.60. The number of nitrogens with one attached hydrogen (secondary N) is 1. The van der Waals surface area contributed by atoms with E-state index in [1.165, 1.54) is 0 Å². The summed E-state index contributed by atoms with van der Waals surface area (Å²) in [6, 6.07) is 0. The van der Waals surface area contributed by atoms with Crippen LogP contribution in [0.5, 0.6) is 0 Å². The number of rotatable bonds is 3. The summed E-state index contributed by atoms with van der Waals surface area (Å²) in [5, 5.41) is 2.50. The van der Waals surface area contributed by atoms with Crippen molar-refractivity contribution in [3.8, 4) is 0 Å². The quantitative estimate of drug-likeness (QED) is 0.711. The van der Waals surface area contributed by atoms with Crippen molar-refractivity contribution in [3.05, 3.63) is 24.0 Å². The predicted octanol–water partition coefficient (Wildman–Crippen LogP) is 1.23. The molecule has 1 N–H and O–H groups in total. The number of hydrogen-bond acceptors (Lipinski definition) is 2. The van der Waals surface area contributed by atoms with Crippen LogP contribution in [0.2, 0.25) is 0 Å². The SMILES string of the molecule is CNC(=O)COC1=CCC(C)C=C1. The zero-order chi connectivity index (χ0) is 9.68. The lowest BCUT2D eigenvalue weighted by molar-refractivity contribution is -0.123. The van der Waals surface area contributed by atoms with Crippen LogP contribution in [0.1, 0.15) is 13.3 Å². The maximum absolute atomic E-state index is 10.8. The average molecular weight is 181 g/mol. The summed E-state index contributed by atoms with van der Waals surface area (Å²) in [5.41, 5.74) is 0. The highest BCUT2D eigenvalue weighted by Crippen LogP contribution is 2.15. The second-order valence-electron chi connectivity index (χ2n) is 3.14. The van der Waals surface area contributed by atoms with Crippen LogP contribution in [0.4, 0.5) is 0 Å². The van der Waals surface area contributed by atoms with Gasteiger partial charge in [-0.05, 0) is 24.5 Å². The zero-order valence-electron chi connectivity index (χ0n) is 8.04. The Morgan fingerprint density at radius 1 is 1.77 bits per heavy atom. The van der Waals surface area contributed by atoms with E-state index < -0.39 is 0 Å². The van der Waals surface area contributed by atoms with E-state index in [-0.39, 0.29) is 12.5 Å². The molecule has 0 aromatic carbocycles. The third-order valence-corrected chi connectivity index (χ3v) is 1.93. The Balaban J connectivity index is 2.31. The molecule has 3 heteroatoms. The average Bonchev–Trinajstić information content (AvgIpc) is 2.16. The van der Waals surface area contributed by atoms with Crippen molar-refractivity contribution in [3.63, 3.8) is 0 Å². The van der Waals surface area contributed by atoms with Gasteiger partial charge in [-0.2, -0.15) is 0 Å². The number of carbonyl (C=O) groups excluding carboxylic acids is 1. The molecule has 0 heterocycles. The van der Waals surface area contributed by atoms with Crippen molar-refractivity contribution < 1.29 is 9.53 Å². The maximum Gasteiger partial charge on any atom is 0.257 e. The minimum absolute atomic E-state index is 0.0983. The molecule has 1 amide bonds. The van der Waals surface area contributed by atoms with Crippen LogP contribution in [0.3, 0.4) is 0 Å². The van der Waals surface area contributed by atoms with Gasteiger partial charge in [0.2, 0.25) is 0 Å². The van der Waals surface area contributed by atoms with Gasteiger partial charge in [0.15, 0.2) is 6.61 Å². The van der Waals surface area contributed by atoms with E-state index in [0.717, 1.165) is 12.2 Å². The number of hydrogen-bond donors (Lipinski definition) is 1. The lowest BCUT2D eigenvalue weighted by Crippen LogP contribution is -2.23. The van der Waals surface area contributed by atoms with Crippen LogP contribution >= 0.6 is 0 Å². The summed E-state index contributed by atoms with van der Waals surface area (Å²) in [4.78, 5) is 10.8. The summed E-state index contributed by atoms with van der Waals surface area (Å²) in [6.45, 7) is 2.24. The molecule has 0 fully saturated rings. The molecule has 0 saturated carbocycles. The van der Waals surface area contributed by atoms with Crippen molar-refractivity contribution in [2.24, 2.45) is 5.92 Å². The first kappa shape index (κ1) is 9.84. The molecule has 1 atom stereocenters. The highest BCUT2D eigenvalue weighted by Gasteiger charge is 2.05. The van der Waals surface area contributed by atoms with Gasteiger partial charge in [0.1, 0.15) is 5.76 Å². The van der Waals surface area contributed by atoms with Crippen molar-refractivity contribution in [2.75, 3.05) is 13.7 Å². The van der Waals surface area contributed by atoms with E-state index in [1.807, 2.05) is 12.2 Å². The number of carbonyl (C=O) groups is 1. The molecule has 1 aliphatic carbocycles. The van der Waals surface area contributed by atoms with E-state index in [4.69, 9.17) is 4.74 Å². The van der Waals surface area contributed by atoms with Crippen LogP contribution in [0, 0.1) is 5.92 Å². The van der Waals surface area contributed by atoms with Crippen LogP contribution in [0.15, 0.2) is 24.0 Å². The van der Waals surface area contributed by atoms with Crippen LogP contribution in [-0.2, 0) is 9.53 Å². The fourth-order valence-corrected chi connectivity index (χ4v) is 1.04. The fourth-order valence-electron chi connectivity index (χ4n) is 1.04. The molecule has 1 aliphatic rings. The van der Waals surface area contributed by atoms with E-state index in [0.29, 0.717) is 5.92 Å². The Hall–Kier alpha value is -1.25. The molecule has 0 spiro atoms. The van der Waals surface area contributed by atoms with Crippen molar-refractivity contribution in [1.29, 1.82) is 0 Å². The highest BCUT2D eigenvalue weighted by atomic mass is 16.5. The van der Waals surface area contributed by atoms with Gasteiger partial charge < -0.3 is 10.1 Å². The van der Waals surface area contributed by atoms with Gasteiger partial charge in [0.25, 0.3) is 5.91 Å². The minimum Gasteiger partial charge on any atom is -0.484 e. The number of likely N-dealkylation sites (N-methyl/N-ethyl adjacent to an activating group) is 1. The lowest BCUT2D eigenvalue weighted by Gasteiger charge is -2.12. The molecular formula is C10H15NO2. The smallest absolute Gasteiger partial charge is 0.257 e. The summed E-state index contributed by atoms with van der Waals surface area (Å²) in [5.74, 6) is 1.27. The van der Waals surface area contributed by atoms with E-state index in [2.05, 4.69) is 18.3 Å². The second kappa shape index (κ2) is 4.70. The molecular weight excluding hydrogens is 166 g/mol. The van der Waals surface area contributed by atoms with E-state index in [1.54, 1.807) is 7.05 Å². The van der Waals surface area contributed by atoms with Crippen molar-refractivity contribution in [2.45, 2.75) is 13.3 Å². The maximum atomic E-state index is 10.8. The van der Waals surface area contributed by atoms with Crippen LogP contribution in [-0.4, -0.2) is 19.6 Å². The largest absolute Gasteiger partial charge is 0.484 e. The Kier molecular flexibility index (Phi) is 3.55. The molecule has 72 valence electrons. The molecule has 0 aromatic heterocycles. The fraction of sp³-hybridized carbons (Fsp3) is 0.500. The van der Waals surface area contributed by atoms with Crippen LogP contribution < -0.4 is 5.32 Å². The lowest BCUT2D eigenvalue weighted by atomic mass is 10.0. The van der Waals surface area contributed by atoms with E-state index in [9.17, 15) is 4.79 Å². The van der Waals surface area contributed by atoms with Gasteiger partial charge in [0, 0.05) is 7.05 Å². The van der Waals surface area contributed by atoms with Crippen molar-refractivity contribution in [1.82, 2.24) is 5.32 Å². The molecule has 0 aromatic rings. The predicted molar refractivity (Wildman–Crippen MR) is 51.0 cm³/mol. The van der Waals surface area contributed by atoms with E-state index >= 15 is 0 Å². The van der Waals surface area contributed by atoms with Gasteiger partial charge >= 0.3 is 0 Å². The first-order chi connectivity index (χ1) is 6.22. The molecule has 1 rings (SSSR count). The molecule has 0 aliphatic heterocycles. The van der Waals surface area contributed by atoms with Gasteiger partial charge in [0.05, 0.1) is 0 Å². The van der Waals surface area contributed by atoms with Gasteiger partial charge in [-0.15, -0.1) is 0 Å². The van der Waals surface area contributed by atoms with Crippen LogP contribution in [0.25, 0.3) is 0 Å². The Labute approximate surface area is 78.5 Å². The first-order valence-corrected chi connectivity index (χ1v) is 4.44. The highest BCUT2D eigenvalue weighted by molar-refractivity contribution is 5.76. The summed E-state index contributed by atoms with van der Waals surface area (Å²) < 4.78 is 5.25. The zero-order valence-corrected chi connectivity index (χ0v) is 8.04. The third kappa shape index (κ3) is 3.32. The van der Waals surface area contributed by atoms with Crippen molar-refractivity contribution >= 4 is 5.91 Å². The molecule has 0 saturated heterocycles. The molecule has 0 bridgehead atoms. The Morgan fingerprint density at radius 2 is 2.54 bits per heavy atom. The van der Waals surface area contributed by atoms with Gasteiger partial charge in [-0.1, -0.05) is 13.0 Å².